The van der Waals surface area contributed by atoms with Crippen molar-refractivity contribution in [1.29, 1.82) is 0 Å². The fourth-order valence-electron chi connectivity index (χ4n) is 2.16. The van der Waals surface area contributed by atoms with E-state index in [0.29, 0.717) is 6.61 Å². The quantitative estimate of drug-likeness (QED) is 0.566. The molecule has 0 radical (unpaired) electrons. The van der Waals surface area contributed by atoms with Crippen molar-refractivity contribution < 1.29 is 4.74 Å². The van der Waals surface area contributed by atoms with Crippen LogP contribution < -0.4 is 15.4 Å². The number of rotatable bonds is 12. The van der Waals surface area contributed by atoms with Gasteiger partial charge in [0.15, 0.2) is 0 Å². The molecule has 114 valence electrons. The first-order chi connectivity index (χ1) is 9.88. The fourth-order valence-corrected chi connectivity index (χ4v) is 2.16. The Labute approximate surface area is 124 Å². The maximum absolute atomic E-state index is 5.59. The summed E-state index contributed by atoms with van der Waals surface area (Å²) in [6.07, 6.45) is 6.70. The minimum atomic E-state index is 0.703. The normalized spacial score (nSPS) is 10.5. The highest BCUT2D eigenvalue weighted by molar-refractivity contribution is 5.56. The summed E-state index contributed by atoms with van der Waals surface area (Å²) in [7, 11) is 0. The van der Waals surface area contributed by atoms with Crippen molar-refractivity contribution in [2.24, 2.45) is 0 Å². The standard InChI is InChI=1S/C17H30N2O/c1-3-5-6-7-10-13-18-14-15-19-16-11-8-9-12-17(16)20-4-2/h8-9,11-12,18-19H,3-7,10,13-15H2,1-2H3. The molecule has 0 fully saturated rings. The molecule has 0 bridgehead atoms. The van der Waals surface area contributed by atoms with Gasteiger partial charge in [-0.05, 0) is 32.0 Å². The van der Waals surface area contributed by atoms with Crippen LogP contribution in [0.25, 0.3) is 0 Å². The van der Waals surface area contributed by atoms with Crippen molar-refractivity contribution in [2.45, 2.75) is 46.0 Å². The predicted octanol–water partition coefficient (Wildman–Crippen LogP) is 4.06. The van der Waals surface area contributed by atoms with E-state index in [0.717, 1.165) is 31.1 Å². The summed E-state index contributed by atoms with van der Waals surface area (Å²) < 4.78 is 5.59. The van der Waals surface area contributed by atoms with Gasteiger partial charge in [-0.2, -0.15) is 0 Å². The minimum Gasteiger partial charge on any atom is -0.492 e. The molecule has 3 nitrogen and oxygen atoms in total. The van der Waals surface area contributed by atoms with Crippen molar-refractivity contribution in [1.82, 2.24) is 5.32 Å². The molecule has 3 heteroatoms. The van der Waals surface area contributed by atoms with E-state index in [1.165, 1.54) is 32.1 Å². The molecule has 0 saturated heterocycles. The maximum atomic E-state index is 5.59. The molecule has 2 N–H and O–H groups in total. The number of para-hydroxylation sites is 2. The summed E-state index contributed by atoms with van der Waals surface area (Å²) >= 11 is 0. The van der Waals surface area contributed by atoms with Crippen molar-refractivity contribution in [3.8, 4) is 5.75 Å². The zero-order valence-corrected chi connectivity index (χ0v) is 13.1. The molecule has 0 aliphatic heterocycles. The molecule has 0 unspecified atom stereocenters. The monoisotopic (exact) mass is 278 g/mol. The Morgan fingerprint density at radius 2 is 1.70 bits per heavy atom. The van der Waals surface area contributed by atoms with E-state index < -0.39 is 0 Å². The second kappa shape index (κ2) is 11.6. The lowest BCUT2D eigenvalue weighted by molar-refractivity contribution is 0.341. The van der Waals surface area contributed by atoms with Crippen LogP contribution in [-0.4, -0.2) is 26.2 Å². The van der Waals surface area contributed by atoms with Crippen LogP contribution >= 0.6 is 0 Å². The highest BCUT2D eigenvalue weighted by atomic mass is 16.5. The van der Waals surface area contributed by atoms with Gasteiger partial charge in [0.1, 0.15) is 5.75 Å². The second-order valence-corrected chi connectivity index (χ2v) is 5.02. The Morgan fingerprint density at radius 1 is 0.900 bits per heavy atom. The van der Waals surface area contributed by atoms with Gasteiger partial charge in [-0.15, -0.1) is 0 Å². The first kappa shape index (κ1) is 16.8. The van der Waals surface area contributed by atoms with E-state index in [9.17, 15) is 0 Å². The number of benzene rings is 1. The molecule has 0 saturated carbocycles. The van der Waals surface area contributed by atoms with Crippen molar-refractivity contribution in [2.75, 3.05) is 31.6 Å². The van der Waals surface area contributed by atoms with Crippen molar-refractivity contribution >= 4 is 5.69 Å². The van der Waals surface area contributed by atoms with Crippen LogP contribution in [0.4, 0.5) is 5.69 Å². The lowest BCUT2D eigenvalue weighted by atomic mass is 10.1. The summed E-state index contributed by atoms with van der Waals surface area (Å²) in [5, 5.41) is 6.90. The van der Waals surface area contributed by atoms with Crippen LogP contribution in [0.15, 0.2) is 24.3 Å². The van der Waals surface area contributed by atoms with Crippen LogP contribution in [0.5, 0.6) is 5.75 Å². The van der Waals surface area contributed by atoms with Crippen LogP contribution in [0, 0.1) is 0 Å². The average molecular weight is 278 g/mol. The third kappa shape index (κ3) is 7.39. The Balaban J connectivity index is 2.06. The summed E-state index contributed by atoms with van der Waals surface area (Å²) in [6.45, 7) is 8.02. The largest absolute Gasteiger partial charge is 0.492 e. The molecule has 1 aromatic rings. The summed E-state index contributed by atoms with van der Waals surface area (Å²) in [6, 6.07) is 8.11. The molecular weight excluding hydrogens is 248 g/mol. The number of anilines is 1. The van der Waals surface area contributed by atoms with Gasteiger partial charge in [0, 0.05) is 13.1 Å². The van der Waals surface area contributed by atoms with Gasteiger partial charge in [-0.3, -0.25) is 0 Å². The van der Waals surface area contributed by atoms with Crippen LogP contribution in [0.1, 0.15) is 46.0 Å². The molecule has 1 rings (SSSR count). The maximum Gasteiger partial charge on any atom is 0.142 e. The van der Waals surface area contributed by atoms with Crippen LogP contribution in [-0.2, 0) is 0 Å². The predicted molar refractivity (Wildman–Crippen MR) is 87.7 cm³/mol. The molecule has 1 aromatic carbocycles. The van der Waals surface area contributed by atoms with Crippen molar-refractivity contribution in [3.63, 3.8) is 0 Å². The SMILES string of the molecule is CCCCCCCNCCNc1ccccc1OCC. The zero-order valence-electron chi connectivity index (χ0n) is 13.1. The van der Waals surface area contributed by atoms with E-state index in [2.05, 4.69) is 23.6 Å². The van der Waals surface area contributed by atoms with Gasteiger partial charge in [0.05, 0.1) is 12.3 Å². The first-order valence-electron chi connectivity index (χ1n) is 8.05. The van der Waals surface area contributed by atoms with Crippen LogP contribution in [0.2, 0.25) is 0 Å². The van der Waals surface area contributed by atoms with Crippen molar-refractivity contribution in [3.05, 3.63) is 24.3 Å². The number of nitrogens with one attached hydrogen (secondary N) is 2. The van der Waals surface area contributed by atoms with Gasteiger partial charge in [0.2, 0.25) is 0 Å². The first-order valence-corrected chi connectivity index (χ1v) is 8.05. The number of hydrogen-bond donors (Lipinski definition) is 2. The lowest BCUT2D eigenvalue weighted by Crippen LogP contribution is -2.23. The third-order valence-corrected chi connectivity index (χ3v) is 3.26. The molecule has 0 spiro atoms. The van der Waals surface area contributed by atoms with Gasteiger partial charge in [-0.1, -0.05) is 44.7 Å². The highest BCUT2D eigenvalue weighted by Crippen LogP contribution is 2.23. The molecule has 0 aromatic heterocycles. The third-order valence-electron chi connectivity index (χ3n) is 3.26. The molecule has 20 heavy (non-hydrogen) atoms. The van der Waals surface area contributed by atoms with E-state index in [1.54, 1.807) is 0 Å². The van der Waals surface area contributed by atoms with E-state index >= 15 is 0 Å². The molecular formula is C17H30N2O. The van der Waals surface area contributed by atoms with Gasteiger partial charge >= 0.3 is 0 Å². The fraction of sp³-hybridized carbons (Fsp3) is 0.647. The molecule has 0 atom stereocenters. The molecule has 0 heterocycles. The zero-order chi connectivity index (χ0) is 14.5. The summed E-state index contributed by atoms with van der Waals surface area (Å²) in [5.74, 6) is 0.939. The number of ether oxygens (including phenoxy) is 1. The van der Waals surface area contributed by atoms with Gasteiger partial charge < -0.3 is 15.4 Å². The Kier molecular flexibility index (Phi) is 9.76. The van der Waals surface area contributed by atoms with E-state index in [-0.39, 0.29) is 0 Å². The lowest BCUT2D eigenvalue weighted by Gasteiger charge is -2.12. The molecule has 0 amide bonds. The average Bonchev–Trinajstić information content (AvgIpc) is 2.47. The van der Waals surface area contributed by atoms with Gasteiger partial charge in [0.25, 0.3) is 0 Å². The van der Waals surface area contributed by atoms with E-state index in [4.69, 9.17) is 4.74 Å². The van der Waals surface area contributed by atoms with Crippen LogP contribution in [0.3, 0.4) is 0 Å². The summed E-state index contributed by atoms with van der Waals surface area (Å²) in [5.41, 5.74) is 1.08. The smallest absolute Gasteiger partial charge is 0.142 e. The minimum absolute atomic E-state index is 0.703. The highest BCUT2D eigenvalue weighted by Gasteiger charge is 2.00. The number of hydrogen-bond acceptors (Lipinski definition) is 3. The van der Waals surface area contributed by atoms with Gasteiger partial charge in [-0.25, -0.2) is 0 Å². The second-order valence-electron chi connectivity index (χ2n) is 5.02. The Hall–Kier alpha value is -1.22. The molecule has 0 aliphatic carbocycles. The molecule has 0 aliphatic rings. The number of unbranched alkanes of at least 4 members (excludes halogenated alkanes) is 4. The topological polar surface area (TPSA) is 33.3 Å². The van der Waals surface area contributed by atoms with E-state index in [1.807, 2.05) is 25.1 Å². The Bertz CT molecular complexity index is 342. The summed E-state index contributed by atoms with van der Waals surface area (Å²) in [4.78, 5) is 0. The Morgan fingerprint density at radius 3 is 2.50 bits per heavy atom.